The number of carbonyl (C=O) groups excluding carboxylic acids is 1. The van der Waals surface area contributed by atoms with Crippen LogP contribution in [0.4, 0.5) is 20.6 Å². The average molecular weight is 500 g/mol. The Morgan fingerprint density at radius 3 is 2.32 bits per heavy atom. The maximum atomic E-state index is 13.0. The Kier molecular flexibility index (Phi) is 8.13. The number of pyridine rings is 1. The van der Waals surface area contributed by atoms with Gasteiger partial charge < -0.3 is 25.0 Å². The van der Waals surface area contributed by atoms with Crippen molar-refractivity contribution in [1.29, 1.82) is 5.26 Å². The second kappa shape index (κ2) is 11.8. The van der Waals surface area contributed by atoms with Gasteiger partial charge in [0.1, 0.15) is 29.1 Å². The van der Waals surface area contributed by atoms with E-state index in [1.54, 1.807) is 48.7 Å². The molecule has 4 aromatic rings. The van der Waals surface area contributed by atoms with Gasteiger partial charge >= 0.3 is 6.03 Å². The molecule has 0 radical (unpaired) electrons. The largest absolute Gasteiger partial charge is 0.492 e. The van der Waals surface area contributed by atoms with E-state index in [1.165, 1.54) is 24.3 Å². The lowest BCUT2D eigenvalue weighted by Crippen LogP contribution is -2.19. The van der Waals surface area contributed by atoms with Crippen molar-refractivity contribution in [1.82, 2.24) is 9.88 Å². The zero-order valence-corrected chi connectivity index (χ0v) is 20.5. The molecule has 0 atom stereocenters. The number of halogens is 1. The second-order valence-corrected chi connectivity index (χ2v) is 8.50. The molecule has 0 fully saturated rings. The third kappa shape index (κ3) is 6.93. The van der Waals surface area contributed by atoms with Crippen LogP contribution in [0, 0.1) is 17.1 Å². The van der Waals surface area contributed by atoms with Gasteiger partial charge in [0.05, 0.1) is 17.7 Å². The molecule has 0 unspecified atom stereocenters. The van der Waals surface area contributed by atoms with Crippen molar-refractivity contribution < 1.29 is 18.7 Å². The number of ether oxygens (including phenoxy) is 2. The third-order valence-electron chi connectivity index (χ3n) is 5.37. The summed E-state index contributed by atoms with van der Waals surface area (Å²) in [6.45, 7) is 1.38. The molecule has 9 heteroatoms. The first-order valence-corrected chi connectivity index (χ1v) is 11.6. The molecule has 0 spiro atoms. The molecule has 0 aliphatic rings. The number of nitrogens with zero attached hydrogens (tertiary/aromatic N) is 3. The molecule has 1 aromatic heterocycles. The first-order chi connectivity index (χ1) is 17.9. The number of urea groups is 1. The number of anilines is 2. The predicted octanol–water partition coefficient (Wildman–Crippen LogP) is 6.01. The second-order valence-electron chi connectivity index (χ2n) is 8.50. The number of aromatic nitrogens is 1. The lowest BCUT2D eigenvalue weighted by molar-refractivity contribution is 0.262. The molecule has 0 aliphatic carbocycles. The highest BCUT2D eigenvalue weighted by Gasteiger charge is 2.12. The molecule has 8 nitrogen and oxygen atoms in total. The van der Waals surface area contributed by atoms with Gasteiger partial charge in [-0.1, -0.05) is 0 Å². The molecule has 188 valence electrons. The van der Waals surface area contributed by atoms with Gasteiger partial charge in [0.2, 0.25) is 0 Å². The van der Waals surface area contributed by atoms with Crippen molar-refractivity contribution in [3.8, 4) is 23.3 Å². The van der Waals surface area contributed by atoms with E-state index in [-0.39, 0.29) is 5.82 Å². The number of rotatable bonds is 9. The van der Waals surface area contributed by atoms with E-state index in [1.807, 2.05) is 14.1 Å². The zero-order chi connectivity index (χ0) is 26.2. The number of benzene rings is 3. The fourth-order valence-corrected chi connectivity index (χ4v) is 3.57. The molecule has 0 saturated carbocycles. The summed E-state index contributed by atoms with van der Waals surface area (Å²) in [5.41, 5.74) is 2.08. The predicted molar refractivity (Wildman–Crippen MR) is 141 cm³/mol. The van der Waals surface area contributed by atoms with Crippen LogP contribution < -0.4 is 20.1 Å². The van der Waals surface area contributed by atoms with Crippen LogP contribution >= 0.6 is 0 Å². The van der Waals surface area contributed by atoms with Crippen molar-refractivity contribution in [2.24, 2.45) is 0 Å². The summed E-state index contributed by atoms with van der Waals surface area (Å²) in [5, 5.41) is 15.7. The van der Waals surface area contributed by atoms with Crippen molar-refractivity contribution >= 4 is 28.3 Å². The van der Waals surface area contributed by atoms with Crippen LogP contribution in [0.2, 0.25) is 0 Å². The van der Waals surface area contributed by atoms with Crippen LogP contribution in [0.3, 0.4) is 0 Å². The van der Waals surface area contributed by atoms with E-state index in [0.29, 0.717) is 51.7 Å². The van der Waals surface area contributed by atoms with Gasteiger partial charge in [-0.15, -0.1) is 0 Å². The monoisotopic (exact) mass is 499 g/mol. The van der Waals surface area contributed by atoms with Crippen LogP contribution in [0.5, 0.6) is 17.2 Å². The molecule has 3 aromatic carbocycles. The lowest BCUT2D eigenvalue weighted by Gasteiger charge is -2.13. The zero-order valence-electron chi connectivity index (χ0n) is 20.5. The Morgan fingerprint density at radius 1 is 1.00 bits per heavy atom. The maximum Gasteiger partial charge on any atom is 0.323 e. The molecule has 0 bridgehead atoms. The Morgan fingerprint density at radius 2 is 1.68 bits per heavy atom. The standard InChI is InChI=1S/C28H26FN5O3/c1-34(2)14-3-15-36-27-17-25-24(16-19(27)18-30)26(12-13-31-25)37-23-10-8-22(9-11-23)33-28(35)32-21-6-4-20(29)5-7-21/h4-13,16-17H,3,14-15H2,1-2H3,(H2,32,33,35). The van der Waals surface area contributed by atoms with E-state index in [9.17, 15) is 14.4 Å². The summed E-state index contributed by atoms with van der Waals surface area (Å²) < 4.78 is 24.9. The Balaban J connectivity index is 1.43. The van der Waals surface area contributed by atoms with E-state index >= 15 is 0 Å². The van der Waals surface area contributed by atoms with E-state index < -0.39 is 6.03 Å². The Hall–Kier alpha value is -4.68. The molecule has 0 aliphatic heterocycles. The first-order valence-electron chi connectivity index (χ1n) is 11.6. The van der Waals surface area contributed by atoms with Gasteiger partial charge in [-0.05, 0) is 81.2 Å². The van der Waals surface area contributed by atoms with Gasteiger partial charge in [-0.2, -0.15) is 5.26 Å². The minimum Gasteiger partial charge on any atom is -0.492 e. The van der Waals surface area contributed by atoms with Crippen molar-refractivity contribution in [2.75, 3.05) is 37.9 Å². The topological polar surface area (TPSA) is 99.5 Å². The number of hydrogen-bond acceptors (Lipinski definition) is 6. The summed E-state index contributed by atoms with van der Waals surface area (Å²) in [4.78, 5) is 18.7. The summed E-state index contributed by atoms with van der Waals surface area (Å²) >= 11 is 0. The van der Waals surface area contributed by atoms with Crippen molar-refractivity contribution in [3.05, 3.63) is 84.3 Å². The minimum atomic E-state index is -0.454. The van der Waals surface area contributed by atoms with E-state index in [0.717, 1.165) is 13.0 Å². The lowest BCUT2D eigenvalue weighted by atomic mass is 10.1. The van der Waals surface area contributed by atoms with Gasteiger partial charge in [0.15, 0.2) is 0 Å². The normalized spacial score (nSPS) is 10.7. The Bertz CT molecular complexity index is 1420. The van der Waals surface area contributed by atoms with Gasteiger partial charge in [0.25, 0.3) is 0 Å². The third-order valence-corrected chi connectivity index (χ3v) is 5.37. The fraction of sp³-hybridized carbons (Fsp3) is 0.179. The summed E-state index contributed by atoms with van der Waals surface area (Å²) in [5.74, 6) is 1.19. The molecule has 1 heterocycles. The van der Waals surface area contributed by atoms with Crippen LogP contribution in [-0.2, 0) is 0 Å². The minimum absolute atomic E-state index is 0.378. The molecule has 2 N–H and O–H groups in total. The first kappa shape index (κ1) is 25.4. The van der Waals surface area contributed by atoms with Crippen molar-refractivity contribution in [3.63, 3.8) is 0 Å². The smallest absolute Gasteiger partial charge is 0.323 e. The van der Waals surface area contributed by atoms with Crippen LogP contribution in [0.15, 0.2) is 72.9 Å². The maximum absolute atomic E-state index is 13.0. The highest BCUT2D eigenvalue weighted by Crippen LogP contribution is 2.33. The number of amides is 2. The molecule has 4 rings (SSSR count). The quantitative estimate of drug-likeness (QED) is 0.274. The number of nitriles is 1. The Labute approximate surface area is 214 Å². The molecule has 2 amide bonds. The number of nitrogens with one attached hydrogen (secondary N) is 2. The number of fused-ring (bicyclic) bond motifs is 1. The van der Waals surface area contributed by atoms with E-state index in [2.05, 4.69) is 26.6 Å². The molecule has 0 saturated heterocycles. The molecular formula is C28H26FN5O3. The summed E-state index contributed by atoms with van der Waals surface area (Å²) in [7, 11) is 4.00. The van der Waals surface area contributed by atoms with Gasteiger partial charge in [-0.25, -0.2) is 9.18 Å². The van der Waals surface area contributed by atoms with E-state index in [4.69, 9.17) is 9.47 Å². The van der Waals surface area contributed by atoms with Crippen LogP contribution in [0.1, 0.15) is 12.0 Å². The SMILES string of the molecule is CN(C)CCCOc1cc2nccc(Oc3ccc(NC(=O)Nc4ccc(F)cc4)cc3)c2cc1C#N. The number of hydrogen-bond donors (Lipinski definition) is 2. The van der Waals surface area contributed by atoms with Crippen molar-refractivity contribution in [2.45, 2.75) is 6.42 Å². The summed E-state index contributed by atoms with van der Waals surface area (Å²) in [6, 6.07) is 19.2. The highest BCUT2D eigenvalue weighted by molar-refractivity contribution is 5.99. The van der Waals surface area contributed by atoms with Gasteiger partial charge in [0, 0.05) is 35.6 Å². The van der Waals surface area contributed by atoms with Crippen LogP contribution in [0.25, 0.3) is 10.9 Å². The average Bonchev–Trinajstić information content (AvgIpc) is 2.88. The van der Waals surface area contributed by atoms with Crippen LogP contribution in [-0.4, -0.2) is 43.2 Å². The summed E-state index contributed by atoms with van der Waals surface area (Å²) in [6.07, 6.45) is 2.47. The molecular weight excluding hydrogens is 473 g/mol. The molecule has 37 heavy (non-hydrogen) atoms. The number of carbonyl (C=O) groups is 1. The van der Waals surface area contributed by atoms with Gasteiger partial charge in [-0.3, -0.25) is 4.98 Å². The fourth-order valence-electron chi connectivity index (χ4n) is 3.57. The highest BCUT2D eigenvalue weighted by atomic mass is 19.1.